The van der Waals surface area contributed by atoms with E-state index < -0.39 is 0 Å². The van der Waals surface area contributed by atoms with Crippen LogP contribution >= 0.6 is 0 Å². The molecule has 3 N–H and O–H groups in total. The maximum Gasteiger partial charge on any atom is 0.239 e. The molecular weight excluding hydrogens is 238 g/mol. The van der Waals surface area contributed by atoms with Crippen LogP contribution in [0.1, 0.15) is 24.8 Å². The molecule has 1 heterocycles. The van der Waals surface area contributed by atoms with E-state index in [9.17, 15) is 4.79 Å². The first-order chi connectivity index (χ1) is 9.25. The van der Waals surface area contributed by atoms with Gasteiger partial charge in [-0.05, 0) is 24.5 Å². The minimum Gasteiger partial charge on any atom is -0.360 e. The Morgan fingerprint density at radius 1 is 1.32 bits per heavy atom. The van der Waals surface area contributed by atoms with E-state index in [2.05, 4.69) is 28.4 Å². The summed E-state index contributed by atoms with van der Waals surface area (Å²) in [6, 6.07) is 8.45. The number of amides is 1. The summed E-state index contributed by atoms with van der Waals surface area (Å²) < 4.78 is 0. The van der Waals surface area contributed by atoms with Gasteiger partial charge in [0.2, 0.25) is 5.91 Å². The van der Waals surface area contributed by atoms with Gasteiger partial charge in [-0.3, -0.25) is 4.79 Å². The first kappa shape index (κ1) is 12.5. The lowest BCUT2D eigenvalue weighted by Crippen LogP contribution is -2.49. The Labute approximate surface area is 114 Å². The highest BCUT2D eigenvalue weighted by atomic mass is 16.2. The third kappa shape index (κ3) is 2.10. The van der Waals surface area contributed by atoms with Crippen molar-refractivity contribution in [1.29, 1.82) is 0 Å². The molecule has 102 valence electrons. The van der Waals surface area contributed by atoms with E-state index in [-0.39, 0.29) is 11.3 Å². The Bertz CT molecular complexity index is 477. The quantitative estimate of drug-likeness (QED) is 0.851. The van der Waals surface area contributed by atoms with Crippen molar-refractivity contribution in [2.75, 3.05) is 31.1 Å². The molecular formula is C15H21N3O. The van der Waals surface area contributed by atoms with Gasteiger partial charge in [0, 0.05) is 30.7 Å². The number of anilines is 1. The van der Waals surface area contributed by atoms with Crippen LogP contribution in [-0.4, -0.2) is 32.1 Å². The summed E-state index contributed by atoms with van der Waals surface area (Å²) >= 11 is 0. The standard InChI is InChI=1S/C15H21N3O/c16-11-15(6-3-7-15)12-4-1-2-5-13(12)18-9-8-17-14(19)10-18/h1-2,4-5H,3,6-11,16H2,(H,17,19). The van der Waals surface area contributed by atoms with Crippen LogP contribution in [0.4, 0.5) is 5.69 Å². The molecule has 4 nitrogen and oxygen atoms in total. The van der Waals surface area contributed by atoms with Crippen molar-refractivity contribution >= 4 is 11.6 Å². The summed E-state index contributed by atoms with van der Waals surface area (Å²) in [6.07, 6.45) is 3.59. The fraction of sp³-hybridized carbons (Fsp3) is 0.533. The second-order valence-corrected chi connectivity index (χ2v) is 5.63. The topological polar surface area (TPSA) is 58.4 Å². The molecule has 0 spiro atoms. The van der Waals surface area contributed by atoms with Gasteiger partial charge < -0.3 is 16.0 Å². The summed E-state index contributed by atoms with van der Waals surface area (Å²) in [6.45, 7) is 2.76. The van der Waals surface area contributed by atoms with Crippen molar-refractivity contribution in [3.63, 3.8) is 0 Å². The molecule has 1 saturated heterocycles. The number of nitrogens with two attached hydrogens (primary N) is 1. The Morgan fingerprint density at radius 3 is 2.74 bits per heavy atom. The minimum absolute atomic E-state index is 0.108. The molecule has 1 aromatic carbocycles. The van der Waals surface area contributed by atoms with Crippen molar-refractivity contribution < 1.29 is 4.79 Å². The fourth-order valence-corrected chi connectivity index (χ4v) is 3.23. The van der Waals surface area contributed by atoms with Crippen LogP contribution in [0, 0.1) is 0 Å². The van der Waals surface area contributed by atoms with Gasteiger partial charge in [-0.2, -0.15) is 0 Å². The van der Waals surface area contributed by atoms with E-state index >= 15 is 0 Å². The summed E-state index contributed by atoms with van der Waals surface area (Å²) in [5.41, 5.74) is 8.70. The van der Waals surface area contributed by atoms with Crippen LogP contribution in [0.25, 0.3) is 0 Å². The number of para-hydroxylation sites is 1. The Balaban J connectivity index is 1.95. The first-order valence-electron chi connectivity index (χ1n) is 7.06. The van der Waals surface area contributed by atoms with Crippen molar-refractivity contribution in [1.82, 2.24) is 5.32 Å². The molecule has 0 radical (unpaired) electrons. The second-order valence-electron chi connectivity index (χ2n) is 5.63. The van der Waals surface area contributed by atoms with Crippen LogP contribution in [0.15, 0.2) is 24.3 Å². The van der Waals surface area contributed by atoms with Crippen LogP contribution < -0.4 is 16.0 Å². The highest BCUT2D eigenvalue weighted by Crippen LogP contribution is 2.46. The highest BCUT2D eigenvalue weighted by molar-refractivity contribution is 5.83. The lowest BCUT2D eigenvalue weighted by Gasteiger charge is -2.44. The predicted octanol–water partition coefficient (Wildman–Crippen LogP) is 1.00. The normalized spacial score (nSPS) is 21.7. The van der Waals surface area contributed by atoms with Crippen molar-refractivity contribution in [3.8, 4) is 0 Å². The molecule has 4 heteroatoms. The van der Waals surface area contributed by atoms with Crippen LogP contribution in [0.3, 0.4) is 0 Å². The third-order valence-corrected chi connectivity index (χ3v) is 4.56. The lowest BCUT2D eigenvalue weighted by molar-refractivity contribution is -0.120. The van der Waals surface area contributed by atoms with Gasteiger partial charge in [-0.25, -0.2) is 0 Å². The molecule has 0 unspecified atom stereocenters. The van der Waals surface area contributed by atoms with Gasteiger partial charge in [0.1, 0.15) is 0 Å². The largest absolute Gasteiger partial charge is 0.360 e. The van der Waals surface area contributed by atoms with E-state index in [1.165, 1.54) is 30.5 Å². The average Bonchev–Trinajstić information content (AvgIpc) is 2.39. The fourth-order valence-electron chi connectivity index (χ4n) is 3.23. The zero-order valence-electron chi connectivity index (χ0n) is 11.2. The van der Waals surface area contributed by atoms with E-state index in [1.807, 2.05) is 6.07 Å². The van der Waals surface area contributed by atoms with E-state index in [4.69, 9.17) is 5.73 Å². The number of hydrogen-bond donors (Lipinski definition) is 2. The number of carbonyl (C=O) groups is 1. The van der Waals surface area contributed by atoms with Gasteiger partial charge in [-0.1, -0.05) is 24.6 Å². The molecule has 1 saturated carbocycles. The van der Waals surface area contributed by atoms with Crippen LogP contribution in [-0.2, 0) is 10.2 Å². The zero-order valence-corrected chi connectivity index (χ0v) is 11.2. The molecule has 1 aromatic rings. The van der Waals surface area contributed by atoms with Gasteiger partial charge in [0.25, 0.3) is 0 Å². The molecule has 1 aliphatic carbocycles. The summed E-state index contributed by atoms with van der Waals surface area (Å²) in [7, 11) is 0. The molecule has 19 heavy (non-hydrogen) atoms. The van der Waals surface area contributed by atoms with E-state index in [0.29, 0.717) is 13.1 Å². The average molecular weight is 259 g/mol. The number of benzene rings is 1. The second kappa shape index (κ2) is 4.85. The summed E-state index contributed by atoms with van der Waals surface area (Å²) in [5, 5.41) is 2.88. The number of nitrogens with one attached hydrogen (secondary N) is 1. The van der Waals surface area contributed by atoms with E-state index in [1.54, 1.807) is 0 Å². The Kier molecular flexibility index (Phi) is 3.19. The predicted molar refractivity (Wildman–Crippen MR) is 76.2 cm³/mol. The van der Waals surface area contributed by atoms with Crippen molar-refractivity contribution in [3.05, 3.63) is 29.8 Å². The highest BCUT2D eigenvalue weighted by Gasteiger charge is 2.39. The molecule has 2 fully saturated rings. The molecule has 0 bridgehead atoms. The molecule has 1 amide bonds. The van der Waals surface area contributed by atoms with Gasteiger partial charge in [0.05, 0.1) is 6.54 Å². The number of hydrogen-bond acceptors (Lipinski definition) is 3. The molecule has 0 aromatic heterocycles. The zero-order chi connectivity index (χ0) is 13.3. The number of nitrogens with zero attached hydrogens (tertiary/aromatic N) is 1. The van der Waals surface area contributed by atoms with Crippen LogP contribution in [0.5, 0.6) is 0 Å². The molecule has 1 aliphatic heterocycles. The molecule has 0 atom stereocenters. The van der Waals surface area contributed by atoms with Crippen molar-refractivity contribution in [2.24, 2.45) is 5.73 Å². The first-order valence-corrected chi connectivity index (χ1v) is 7.06. The summed E-state index contributed by atoms with van der Waals surface area (Å²) in [4.78, 5) is 13.8. The molecule has 2 aliphatic rings. The van der Waals surface area contributed by atoms with Gasteiger partial charge in [0.15, 0.2) is 0 Å². The number of rotatable bonds is 3. The van der Waals surface area contributed by atoms with Gasteiger partial charge >= 0.3 is 0 Å². The van der Waals surface area contributed by atoms with Gasteiger partial charge in [-0.15, -0.1) is 0 Å². The maximum absolute atomic E-state index is 11.6. The summed E-state index contributed by atoms with van der Waals surface area (Å²) in [5.74, 6) is 0.108. The number of carbonyl (C=O) groups excluding carboxylic acids is 1. The lowest BCUT2D eigenvalue weighted by atomic mass is 9.64. The SMILES string of the molecule is NCC1(c2ccccc2N2CCNC(=O)C2)CCC1. The monoisotopic (exact) mass is 259 g/mol. The third-order valence-electron chi connectivity index (χ3n) is 4.56. The minimum atomic E-state index is 0.108. The smallest absolute Gasteiger partial charge is 0.239 e. The Morgan fingerprint density at radius 2 is 2.11 bits per heavy atom. The van der Waals surface area contributed by atoms with Crippen LogP contribution in [0.2, 0.25) is 0 Å². The maximum atomic E-state index is 11.6. The van der Waals surface area contributed by atoms with E-state index in [0.717, 1.165) is 13.1 Å². The van der Waals surface area contributed by atoms with Crippen molar-refractivity contribution in [2.45, 2.75) is 24.7 Å². The number of piperazine rings is 1. The Hall–Kier alpha value is -1.55. The molecule has 3 rings (SSSR count).